The predicted octanol–water partition coefficient (Wildman–Crippen LogP) is 3.39. The van der Waals surface area contributed by atoms with Crippen molar-refractivity contribution in [2.24, 2.45) is 0 Å². The van der Waals surface area contributed by atoms with Gasteiger partial charge in [-0.05, 0) is 31.5 Å². The summed E-state index contributed by atoms with van der Waals surface area (Å²) in [5.41, 5.74) is 2.12. The number of nitrogens with zero attached hydrogens (tertiary/aromatic N) is 4. The molecule has 6 heteroatoms. The van der Waals surface area contributed by atoms with Crippen molar-refractivity contribution in [1.82, 2.24) is 25.1 Å². The van der Waals surface area contributed by atoms with Crippen LogP contribution < -0.4 is 0 Å². The van der Waals surface area contributed by atoms with E-state index in [2.05, 4.69) is 31.1 Å². The molecule has 3 aromatic rings. The van der Waals surface area contributed by atoms with E-state index in [0.29, 0.717) is 5.92 Å². The molecule has 0 radical (unpaired) electrons. The first kappa shape index (κ1) is 14.6. The van der Waals surface area contributed by atoms with E-state index >= 15 is 0 Å². The van der Waals surface area contributed by atoms with Crippen molar-refractivity contribution in [3.63, 3.8) is 0 Å². The smallest absolute Gasteiger partial charge is 0.137 e. The van der Waals surface area contributed by atoms with Crippen molar-refractivity contribution in [2.45, 2.75) is 25.3 Å². The van der Waals surface area contributed by atoms with E-state index in [4.69, 9.17) is 11.6 Å². The highest BCUT2D eigenvalue weighted by Crippen LogP contribution is 2.29. The van der Waals surface area contributed by atoms with Crippen LogP contribution in [0.25, 0.3) is 10.9 Å². The zero-order valence-electron chi connectivity index (χ0n) is 12.7. The maximum Gasteiger partial charge on any atom is 0.137 e. The minimum atomic E-state index is 0.410. The van der Waals surface area contributed by atoms with E-state index in [9.17, 15) is 0 Å². The lowest BCUT2D eigenvalue weighted by Gasteiger charge is -2.32. The van der Waals surface area contributed by atoms with Gasteiger partial charge >= 0.3 is 0 Å². The molecule has 118 valence electrons. The molecule has 1 aromatic carbocycles. The Morgan fingerprint density at radius 3 is 3.09 bits per heavy atom. The zero-order valence-corrected chi connectivity index (χ0v) is 13.5. The number of pyridine rings is 1. The molecule has 1 aliphatic heterocycles. The molecule has 1 atom stereocenters. The lowest BCUT2D eigenvalue weighted by molar-refractivity contribution is 0.197. The Balaban J connectivity index is 1.59. The highest BCUT2D eigenvalue weighted by molar-refractivity contribution is 6.32. The minimum Gasteiger partial charge on any atom is -0.298 e. The third-order valence-corrected chi connectivity index (χ3v) is 4.88. The molecule has 0 saturated carbocycles. The molecule has 23 heavy (non-hydrogen) atoms. The van der Waals surface area contributed by atoms with E-state index in [1.807, 2.05) is 24.4 Å². The number of likely N-dealkylation sites (tertiary alicyclic amines) is 1. The number of rotatable bonds is 3. The average molecular weight is 328 g/mol. The number of hydrogen-bond acceptors (Lipinski definition) is 4. The van der Waals surface area contributed by atoms with Gasteiger partial charge in [0.1, 0.15) is 12.2 Å². The lowest BCUT2D eigenvalue weighted by atomic mass is 9.96. The van der Waals surface area contributed by atoms with Crippen LogP contribution in [-0.2, 0) is 6.54 Å². The largest absolute Gasteiger partial charge is 0.298 e. The van der Waals surface area contributed by atoms with Gasteiger partial charge in [0.15, 0.2) is 0 Å². The summed E-state index contributed by atoms with van der Waals surface area (Å²) < 4.78 is 0. The molecule has 5 nitrogen and oxygen atoms in total. The maximum absolute atomic E-state index is 6.46. The number of halogens is 1. The van der Waals surface area contributed by atoms with Gasteiger partial charge in [-0.15, -0.1) is 0 Å². The number of nitrogens with one attached hydrogen (secondary N) is 1. The number of piperidine rings is 1. The number of aromatic amines is 1. The van der Waals surface area contributed by atoms with Crippen LogP contribution in [0, 0.1) is 0 Å². The molecule has 0 aliphatic carbocycles. The van der Waals surface area contributed by atoms with Crippen molar-refractivity contribution in [3.8, 4) is 0 Å². The highest BCUT2D eigenvalue weighted by Gasteiger charge is 2.24. The van der Waals surface area contributed by atoms with Gasteiger partial charge in [-0.1, -0.05) is 23.7 Å². The first-order valence-corrected chi connectivity index (χ1v) is 8.29. The van der Waals surface area contributed by atoms with Crippen LogP contribution in [0.1, 0.15) is 30.1 Å². The second-order valence-electron chi connectivity index (χ2n) is 6.05. The average Bonchev–Trinajstić information content (AvgIpc) is 3.12. The summed E-state index contributed by atoms with van der Waals surface area (Å²) in [5.74, 6) is 1.39. The topological polar surface area (TPSA) is 57.7 Å². The van der Waals surface area contributed by atoms with Crippen LogP contribution in [-0.4, -0.2) is 38.2 Å². The van der Waals surface area contributed by atoms with Crippen molar-refractivity contribution in [2.75, 3.05) is 13.1 Å². The number of H-pyrrole nitrogens is 1. The summed E-state index contributed by atoms with van der Waals surface area (Å²) in [6, 6.07) is 8.04. The van der Waals surface area contributed by atoms with E-state index in [-0.39, 0.29) is 0 Å². The minimum absolute atomic E-state index is 0.410. The standard InChI is InChI=1S/C17H18ClN5/c18-15-6-5-12-3-1-7-19-16(12)14(15)10-23-8-2-4-13(9-23)17-20-11-21-22-17/h1,3,5-7,11,13H,2,4,8-10H2,(H,20,21,22). The summed E-state index contributed by atoms with van der Waals surface area (Å²) in [6.07, 6.45) is 5.71. The molecule has 1 aliphatic rings. The van der Waals surface area contributed by atoms with Crippen LogP contribution >= 0.6 is 11.6 Å². The molecule has 1 unspecified atom stereocenters. The lowest BCUT2D eigenvalue weighted by Crippen LogP contribution is -2.34. The fraction of sp³-hybridized carbons (Fsp3) is 0.353. The van der Waals surface area contributed by atoms with Crippen molar-refractivity contribution < 1.29 is 0 Å². The van der Waals surface area contributed by atoms with E-state index in [1.165, 1.54) is 0 Å². The Labute approximate surface area is 139 Å². The quantitative estimate of drug-likeness (QED) is 0.801. The summed E-state index contributed by atoms with van der Waals surface area (Å²) in [5, 5.41) is 8.91. The van der Waals surface area contributed by atoms with Gasteiger partial charge in [-0.3, -0.25) is 15.0 Å². The number of fused-ring (bicyclic) bond motifs is 1. The van der Waals surface area contributed by atoms with Crippen LogP contribution in [0.5, 0.6) is 0 Å². The molecule has 2 aromatic heterocycles. The van der Waals surface area contributed by atoms with Gasteiger partial charge in [0.05, 0.1) is 5.52 Å². The van der Waals surface area contributed by atoms with Gasteiger partial charge in [-0.2, -0.15) is 5.10 Å². The molecular weight excluding hydrogens is 310 g/mol. The Morgan fingerprint density at radius 2 is 2.22 bits per heavy atom. The normalized spacial score (nSPS) is 19.3. The Morgan fingerprint density at radius 1 is 1.26 bits per heavy atom. The Bertz CT molecular complexity index is 802. The van der Waals surface area contributed by atoms with Crippen molar-refractivity contribution in [3.05, 3.63) is 53.2 Å². The van der Waals surface area contributed by atoms with Crippen LogP contribution in [0.4, 0.5) is 0 Å². The molecule has 1 fully saturated rings. The van der Waals surface area contributed by atoms with E-state index < -0.39 is 0 Å². The zero-order chi connectivity index (χ0) is 15.6. The second kappa shape index (κ2) is 6.26. The third kappa shape index (κ3) is 2.94. The van der Waals surface area contributed by atoms with Crippen LogP contribution in [0.2, 0.25) is 5.02 Å². The Kier molecular flexibility index (Phi) is 3.97. The SMILES string of the molecule is Clc1ccc2cccnc2c1CN1CCCC(c2ncn[nH]2)C1. The van der Waals surface area contributed by atoms with Gasteiger partial charge in [0, 0.05) is 41.2 Å². The number of aromatic nitrogens is 4. The van der Waals surface area contributed by atoms with Gasteiger partial charge in [0.25, 0.3) is 0 Å². The maximum atomic E-state index is 6.46. The van der Waals surface area contributed by atoms with E-state index in [0.717, 1.165) is 59.8 Å². The molecule has 0 bridgehead atoms. The molecule has 0 amide bonds. The van der Waals surface area contributed by atoms with Gasteiger partial charge in [-0.25, -0.2) is 4.98 Å². The molecule has 4 rings (SSSR count). The van der Waals surface area contributed by atoms with Crippen LogP contribution in [0.15, 0.2) is 36.8 Å². The first-order valence-electron chi connectivity index (χ1n) is 7.91. The molecule has 3 heterocycles. The summed E-state index contributed by atoms with van der Waals surface area (Å²) in [6.45, 7) is 2.86. The highest BCUT2D eigenvalue weighted by atomic mass is 35.5. The second-order valence-corrected chi connectivity index (χ2v) is 6.45. The molecule has 1 N–H and O–H groups in total. The van der Waals surface area contributed by atoms with Crippen LogP contribution in [0.3, 0.4) is 0 Å². The summed E-state index contributed by atoms with van der Waals surface area (Å²) in [4.78, 5) is 11.3. The fourth-order valence-electron chi connectivity index (χ4n) is 3.39. The number of benzene rings is 1. The molecule has 0 spiro atoms. The number of hydrogen-bond donors (Lipinski definition) is 1. The summed E-state index contributed by atoms with van der Waals surface area (Å²) in [7, 11) is 0. The Hall–Kier alpha value is -1.98. The predicted molar refractivity (Wildman–Crippen MR) is 90.4 cm³/mol. The fourth-order valence-corrected chi connectivity index (χ4v) is 3.60. The van der Waals surface area contributed by atoms with Gasteiger partial charge < -0.3 is 0 Å². The van der Waals surface area contributed by atoms with E-state index in [1.54, 1.807) is 6.33 Å². The van der Waals surface area contributed by atoms with Crippen molar-refractivity contribution >= 4 is 22.5 Å². The summed E-state index contributed by atoms with van der Waals surface area (Å²) >= 11 is 6.46. The van der Waals surface area contributed by atoms with Gasteiger partial charge in [0.2, 0.25) is 0 Å². The molecule has 1 saturated heterocycles. The molecular formula is C17H18ClN5. The third-order valence-electron chi connectivity index (χ3n) is 4.53. The monoisotopic (exact) mass is 327 g/mol. The first-order chi connectivity index (χ1) is 11.3. The van der Waals surface area contributed by atoms with Crippen molar-refractivity contribution in [1.29, 1.82) is 0 Å².